The van der Waals surface area contributed by atoms with Crippen LogP contribution in [0.5, 0.6) is 0 Å². The van der Waals surface area contributed by atoms with Gasteiger partial charge in [0, 0.05) is 43.0 Å². The highest BCUT2D eigenvalue weighted by molar-refractivity contribution is 7.89. The highest BCUT2D eigenvalue weighted by Gasteiger charge is 2.32. The Labute approximate surface area is 212 Å². The maximum atomic E-state index is 13.3. The number of aromatic nitrogens is 2. The Morgan fingerprint density at radius 1 is 1.03 bits per heavy atom. The number of nitrogens with zero attached hydrogens (tertiary/aromatic N) is 4. The number of nitrogens with two attached hydrogens (primary N) is 1. The number of carbonyl (C=O) groups excluding carboxylic acids is 1. The zero-order valence-corrected chi connectivity index (χ0v) is 21.2. The lowest BCUT2D eigenvalue weighted by molar-refractivity contribution is 0.0702. The van der Waals surface area contributed by atoms with Gasteiger partial charge in [-0.25, -0.2) is 18.4 Å². The smallest absolute Gasteiger partial charge is 0.265 e. The minimum Gasteiger partial charge on any atom is -0.384 e. The van der Waals surface area contributed by atoms with Crippen molar-refractivity contribution in [3.05, 3.63) is 70.3 Å². The molecule has 0 saturated carbocycles. The van der Waals surface area contributed by atoms with Gasteiger partial charge in [-0.15, -0.1) is 11.3 Å². The average Bonchev–Trinajstić information content (AvgIpc) is 3.25. The Morgan fingerprint density at radius 3 is 2.46 bits per heavy atom. The first-order valence-corrected chi connectivity index (χ1v) is 13.5. The van der Waals surface area contributed by atoms with Crippen molar-refractivity contribution < 1.29 is 13.2 Å². The van der Waals surface area contributed by atoms with Gasteiger partial charge >= 0.3 is 0 Å². The third-order valence-corrected chi connectivity index (χ3v) is 9.29. The fourth-order valence-electron chi connectivity index (χ4n) is 4.03. The van der Waals surface area contributed by atoms with E-state index in [2.05, 4.69) is 9.97 Å². The van der Waals surface area contributed by atoms with Crippen LogP contribution >= 0.6 is 22.9 Å². The molecule has 1 amide bonds. The highest BCUT2D eigenvalue weighted by atomic mass is 35.5. The van der Waals surface area contributed by atoms with Gasteiger partial charge in [0.15, 0.2) is 0 Å². The third kappa shape index (κ3) is 4.62. The maximum Gasteiger partial charge on any atom is 0.265 e. The predicted molar refractivity (Wildman–Crippen MR) is 138 cm³/mol. The van der Waals surface area contributed by atoms with Gasteiger partial charge in [0.25, 0.3) is 5.91 Å². The van der Waals surface area contributed by atoms with Crippen molar-refractivity contribution in [2.45, 2.75) is 11.8 Å². The maximum absolute atomic E-state index is 13.3. The molecule has 35 heavy (non-hydrogen) atoms. The lowest BCUT2D eigenvalue weighted by Gasteiger charge is -2.33. The summed E-state index contributed by atoms with van der Waals surface area (Å²) in [7, 11) is -3.69. The number of piperazine rings is 1. The monoisotopic (exact) mass is 527 g/mol. The van der Waals surface area contributed by atoms with E-state index in [4.69, 9.17) is 17.3 Å². The number of aryl methyl sites for hydroxylation is 1. The normalized spacial score (nSPS) is 15.0. The number of thiazole rings is 1. The van der Waals surface area contributed by atoms with Crippen LogP contribution in [0.4, 0.5) is 5.82 Å². The molecule has 0 spiro atoms. The van der Waals surface area contributed by atoms with Crippen molar-refractivity contribution in [2.75, 3.05) is 31.9 Å². The van der Waals surface area contributed by atoms with E-state index in [1.807, 2.05) is 6.07 Å². The van der Waals surface area contributed by atoms with E-state index in [9.17, 15) is 13.2 Å². The first-order chi connectivity index (χ1) is 16.7. The Morgan fingerprint density at radius 2 is 1.74 bits per heavy atom. The van der Waals surface area contributed by atoms with Crippen molar-refractivity contribution in [1.29, 1.82) is 0 Å². The number of nitrogen functional groups attached to an aromatic ring is 1. The van der Waals surface area contributed by atoms with E-state index in [0.717, 1.165) is 16.3 Å². The lowest BCUT2D eigenvalue weighted by atomic mass is 10.1. The largest absolute Gasteiger partial charge is 0.384 e. The molecule has 3 heterocycles. The van der Waals surface area contributed by atoms with Crippen LogP contribution in [0.15, 0.2) is 59.6 Å². The Kier molecular flexibility index (Phi) is 6.22. The molecule has 2 N–H and O–H groups in total. The van der Waals surface area contributed by atoms with E-state index in [0.29, 0.717) is 39.5 Å². The zero-order valence-electron chi connectivity index (χ0n) is 18.8. The van der Waals surface area contributed by atoms with Crippen LogP contribution in [-0.2, 0) is 10.0 Å². The average molecular weight is 528 g/mol. The summed E-state index contributed by atoms with van der Waals surface area (Å²) >= 11 is 7.33. The molecular formula is C24H22ClN5O3S2. The molecule has 180 valence electrons. The third-order valence-electron chi connectivity index (χ3n) is 5.96. The van der Waals surface area contributed by atoms with Crippen LogP contribution in [-0.4, -0.2) is 59.7 Å². The molecule has 5 rings (SSSR count). The highest BCUT2D eigenvalue weighted by Crippen LogP contribution is 2.30. The molecule has 2 aromatic carbocycles. The number of pyridine rings is 1. The van der Waals surface area contributed by atoms with Gasteiger partial charge in [-0.05, 0) is 54.1 Å². The second-order valence-electron chi connectivity index (χ2n) is 8.25. The van der Waals surface area contributed by atoms with Crippen molar-refractivity contribution in [1.82, 2.24) is 19.2 Å². The lowest BCUT2D eigenvalue weighted by Crippen LogP contribution is -2.50. The number of sulfonamides is 1. The van der Waals surface area contributed by atoms with Crippen LogP contribution in [0.3, 0.4) is 0 Å². The van der Waals surface area contributed by atoms with E-state index < -0.39 is 10.0 Å². The van der Waals surface area contributed by atoms with Gasteiger partial charge in [0.1, 0.15) is 15.7 Å². The number of amides is 1. The zero-order chi connectivity index (χ0) is 24.7. The molecule has 1 fully saturated rings. The minimum atomic E-state index is -3.69. The van der Waals surface area contributed by atoms with Crippen LogP contribution in [0.1, 0.15) is 15.4 Å². The number of carbonyl (C=O) groups is 1. The Bertz CT molecular complexity index is 1530. The first-order valence-electron chi connectivity index (χ1n) is 10.9. The number of anilines is 1. The van der Waals surface area contributed by atoms with Crippen LogP contribution in [0, 0.1) is 6.92 Å². The van der Waals surface area contributed by atoms with E-state index in [1.165, 1.54) is 15.6 Å². The number of rotatable bonds is 4. The Hall–Kier alpha value is -3.05. The standard InChI is InChI=1S/C24H22ClN5O3S2/c1-15-22(34-23(28-15)18-4-7-21(26)27-14-18)24(31)29-8-10-30(11-9-29)35(32,33)20-6-3-16-12-19(25)5-2-17(16)13-20/h2-7,12-14H,8-11H2,1H3,(H2,26,27). The van der Waals surface area contributed by atoms with Gasteiger partial charge in [0.2, 0.25) is 10.0 Å². The van der Waals surface area contributed by atoms with Gasteiger partial charge in [-0.1, -0.05) is 23.7 Å². The quantitative estimate of drug-likeness (QED) is 0.429. The summed E-state index contributed by atoms with van der Waals surface area (Å²) in [6.45, 7) is 2.85. The molecule has 1 saturated heterocycles. The molecule has 0 aliphatic carbocycles. The number of fused-ring (bicyclic) bond motifs is 1. The summed E-state index contributed by atoms with van der Waals surface area (Å²) in [4.78, 5) is 24.3. The number of hydrogen-bond acceptors (Lipinski definition) is 7. The number of hydrogen-bond donors (Lipinski definition) is 1. The topological polar surface area (TPSA) is 109 Å². The number of halogens is 1. The molecule has 11 heteroatoms. The summed E-state index contributed by atoms with van der Waals surface area (Å²) < 4.78 is 27.9. The molecule has 1 aliphatic heterocycles. The van der Waals surface area contributed by atoms with Crippen molar-refractivity contribution >= 4 is 55.5 Å². The molecule has 1 aliphatic rings. The van der Waals surface area contributed by atoms with Gasteiger partial charge in [-0.3, -0.25) is 4.79 Å². The van der Waals surface area contributed by atoms with Crippen LogP contribution < -0.4 is 5.73 Å². The summed E-state index contributed by atoms with van der Waals surface area (Å²) in [6, 6.07) is 13.9. The van der Waals surface area contributed by atoms with Gasteiger partial charge in [0.05, 0.1) is 10.6 Å². The predicted octanol–water partition coefficient (Wildman–Crippen LogP) is 4.05. The molecule has 4 aromatic rings. The summed E-state index contributed by atoms with van der Waals surface area (Å²) in [6.07, 6.45) is 1.63. The second kappa shape index (κ2) is 9.19. The van der Waals surface area contributed by atoms with Crippen molar-refractivity contribution in [3.63, 3.8) is 0 Å². The second-order valence-corrected chi connectivity index (χ2v) is 11.6. The molecule has 0 bridgehead atoms. The molecule has 0 unspecified atom stereocenters. The molecule has 0 atom stereocenters. The molecule has 0 radical (unpaired) electrons. The first kappa shape index (κ1) is 23.7. The van der Waals surface area contributed by atoms with Gasteiger partial charge < -0.3 is 10.6 Å². The Balaban J connectivity index is 1.30. The van der Waals surface area contributed by atoms with Crippen molar-refractivity contribution in [3.8, 4) is 10.6 Å². The molecular weight excluding hydrogens is 506 g/mol. The summed E-state index contributed by atoms with van der Waals surface area (Å²) in [5.74, 6) is 0.272. The van der Waals surface area contributed by atoms with E-state index in [1.54, 1.807) is 60.5 Å². The van der Waals surface area contributed by atoms with E-state index >= 15 is 0 Å². The number of benzene rings is 2. The van der Waals surface area contributed by atoms with E-state index in [-0.39, 0.29) is 23.9 Å². The summed E-state index contributed by atoms with van der Waals surface area (Å²) in [5, 5.41) is 2.97. The van der Waals surface area contributed by atoms with Gasteiger partial charge in [-0.2, -0.15) is 4.31 Å². The SMILES string of the molecule is Cc1nc(-c2ccc(N)nc2)sc1C(=O)N1CCN(S(=O)(=O)c2ccc3cc(Cl)ccc3c2)CC1. The van der Waals surface area contributed by atoms with Crippen LogP contribution in [0.25, 0.3) is 21.3 Å². The molecule has 8 nitrogen and oxygen atoms in total. The summed E-state index contributed by atoms with van der Waals surface area (Å²) in [5.41, 5.74) is 7.08. The minimum absolute atomic E-state index is 0.144. The fraction of sp³-hybridized carbons (Fsp3) is 0.208. The van der Waals surface area contributed by atoms with Crippen molar-refractivity contribution in [2.24, 2.45) is 0 Å². The fourth-order valence-corrected chi connectivity index (χ4v) is 6.69. The molecule has 2 aromatic heterocycles. The van der Waals surface area contributed by atoms with Crippen LogP contribution in [0.2, 0.25) is 5.02 Å².